The number of halogens is 1. The first-order valence-electron chi connectivity index (χ1n) is 12.8. The van der Waals surface area contributed by atoms with Crippen molar-refractivity contribution in [2.45, 2.75) is 52.7 Å². The predicted molar refractivity (Wildman–Crippen MR) is 157 cm³/mol. The van der Waals surface area contributed by atoms with Crippen LogP contribution in [0.5, 0.6) is 0 Å². The van der Waals surface area contributed by atoms with Crippen LogP contribution in [0.2, 0.25) is 5.02 Å². The molecular formula is C30H36ClN3O4S. The molecule has 0 bridgehead atoms. The maximum Gasteiger partial charge on any atom is 0.244 e. The minimum Gasteiger partial charge on any atom is -0.352 e. The minimum atomic E-state index is -3.86. The summed E-state index contributed by atoms with van der Waals surface area (Å²) in [6, 6.07) is 21.0. The molecule has 1 N–H and O–H groups in total. The summed E-state index contributed by atoms with van der Waals surface area (Å²) in [6.07, 6.45) is 1.32. The fourth-order valence-corrected chi connectivity index (χ4v) is 5.42. The molecule has 0 heterocycles. The van der Waals surface area contributed by atoms with Gasteiger partial charge in [-0.3, -0.25) is 13.9 Å². The van der Waals surface area contributed by atoms with Gasteiger partial charge in [0.2, 0.25) is 21.8 Å². The van der Waals surface area contributed by atoms with E-state index in [4.69, 9.17) is 11.6 Å². The summed E-state index contributed by atoms with van der Waals surface area (Å²) in [7, 11) is -3.86. The lowest BCUT2D eigenvalue weighted by Crippen LogP contribution is -2.54. The second-order valence-corrected chi connectivity index (χ2v) is 12.4. The van der Waals surface area contributed by atoms with E-state index < -0.39 is 28.5 Å². The molecule has 1 atom stereocenters. The van der Waals surface area contributed by atoms with Crippen molar-refractivity contribution < 1.29 is 18.0 Å². The first-order valence-corrected chi connectivity index (χ1v) is 15.0. The Balaban J connectivity index is 2.09. The third kappa shape index (κ3) is 8.31. The van der Waals surface area contributed by atoms with E-state index in [2.05, 4.69) is 5.32 Å². The molecule has 2 amide bonds. The van der Waals surface area contributed by atoms with E-state index in [9.17, 15) is 18.0 Å². The smallest absolute Gasteiger partial charge is 0.244 e. The second-order valence-electron chi connectivity index (χ2n) is 10.0. The maximum atomic E-state index is 14.1. The van der Waals surface area contributed by atoms with Crippen LogP contribution in [-0.2, 0) is 32.6 Å². The summed E-state index contributed by atoms with van der Waals surface area (Å²) in [6.45, 7) is 7.08. The summed E-state index contributed by atoms with van der Waals surface area (Å²) >= 11 is 6.20. The van der Waals surface area contributed by atoms with Gasteiger partial charge in [0.25, 0.3) is 0 Å². The van der Waals surface area contributed by atoms with Crippen molar-refractivity contribution in [2.24, 2.45) is 0 Å². The van der Waals surface area contributed by atoms with Crippen LogP contribution in [-0.4, -0.2) is 50.0 Å². The average molecular weight is 570 g/mol. The Morgan fingerprint density at radius 3 is 2.18 bits per heavy atom. The van der Waals surface area contributed by atoms with Gasteiger partial charge in [-0.25, -0.2) is 8.42 Å². The average Bonchev–Trinajstić information content (AvgIpc) is 2.86. The molecule has 0 aromatic heterocycles. The highest BCUT2D eigenvalue weighted by molar-refractivity contribution is 7.92. The number of carbonyl (C=O) groups is 2. The van der Waals surface area contributed by atoms with E-state index in [-0.39, 0.29) is 24.9 Å². The number of amides is 2. The van der Waals surface area contributed by atoms with Crippen LogP contribution in [0.4, 0.5) is 5.69 Å². The summed E-state index contributed by atoms with van der Waals surface area (Å²) in [5.74, 6) is -0.802. The van der Waals surface area contributed by atoms with Crippen LogP contribution in [0.3, 0.4) is 0 Å². The van der Waals surface area contributed by atoms with Gasteiger partial charge < -0.3 is 10.2 Å². The number of nitrogens with one attached hydrogen (secondary N) is 1. The summed E-state index contributed by atoms with van der Waals surface area (Å²) < 4.78 is 26.9. The van der Waals surface area contributed by atoms with E-state index in [0.717, 1.165) is 27.3 Å². The summed E-state index contributed by atoms with van der Waals surface area (Å²) in [4.78, 5) is 29.2. The van der Waals surface area contributed by atoms with Gasteiger partial charge >= 0.3 is 0 Å². The zero-order chi connectivity index (χ0) is 28.7. The van der Waals surface area contributed by atoms with E-state index in [1.54, 1.807) is 19.1 Å². The van der Waals surface area contributed by atoms with Gasteiger partial charge in [-0.15, -0.1) is 0 Å². The third-order valence-corrected chi connectivity index (χ3v) is 7.78. The lowest BCUT2D eigenvalue weighted by atomic mass is 10.0. The molecule has 9 heteroatoms. The van der Waals surface area contributed by atoms with Crippen LogP contribution < -0.4 is 9.62 Å². The lowest BCUT2D eigenvalue weighted by molar-refractivity contribution is -0.140. The number of aryl methyl sites for hydroxylation is 2. The van der Waals surface area contributed by atoms with Gasteiger partial charge in [-0.2, -0.15) is 0 Å². The largest absolute Gasteiger partial charge is 0.352 e. The molecule has 3 aromatic rings. The Hall–Kier alpha value is -3.36. The Kier molecular flexibility index (Phi) is 10.2. The Morgan fingerprint density at radius 1 is 0.923 bits per heavy atom. The molecule has 0 spiro atoms. The lowest BCUT2D eigenvalue weighted by Gasteiger charge is -2.34. The monoisotopic (exact) mass is 569 g/mol. The maximum absolute atomic E-state index is 14.1. The standard InChI is InChI=1S/C30H36ClN3O4S/c1-21(2)32-30(36)28(17-24-12-7-6-8-13-24)33(19-25-14-10-9-11-22(25)3)29(35)20-34(39(5,37)38)27-18-26(31)16-15-23(27)4/h6-16,18,21,28H,17,19-20H2,1-5H3,(H,32,36)/t28-/m1/s1. The highest BCUT2D eigenvalue weighted by Gasteiger charge is 2.33. The molecule has 0 aliphatic carbocycles. The molecule has 7 nitrogen and oxygen atoms in total. The quantitative estimate of drug-likeness (QED) is 0.356. The number of rotatable bonds is 11. The number of hydrogen-bond donors (Lipinski definition) is 1. The van der Waals surface area contributed by atoms with Crippen molar-refractivity contribution in [3.05, 3.63) is 100 Å². The number of carbonyl (C=O) groups excluding carboxylic acids is 2. The SMILES string of the molecule is Cc1ccccc1CN(C(=O)CN(c1cc(Cl)ccc1C)S(C)(=O)=O)[C@H](Cc1ccccc1)C(=O)NC(C)C. The summed E-state index contributed by atoms with van der Waals surface area (Å²) in [5, 5.41) is 3.30. The molecule has 0 fully saturated rings. The van der Waals surface area contributed by atoms with Crippen molar-refractivity contribution in [2.75, 3.05) is 17.1 Å². The van der Waals surface area contributed by atoms with Crippen LogP contribution in [0, 0.1) is 13.8 Å². The van der Waals surface area contributed by atoms with Gasteiger partial charge in [0.1, 0.15) is 12.6 Å². The zero-order valence-electron chi connectivity index (χ0n) is 23.0. The molecular weight excluding hydrogens is 534 g/mol. The van der Waals surface area contributed by atoms with Gasteiger partial charge in [0.15, 0.2) is 0 Å². The first-order chi connectivity index (χ1) is 18.4. The predicted octanol–water partition coefficient (Wildman–Crippen LogP) is 4.89. The van der Waals surface area contributed by atoms with Crippen molar-refractivity contribution in [1.82, 2.24) is 10.2 Å². The zero-order valence-corrected chi connectivity index (χ0v) is 24.6. The number of anilines is 1. The number of hydrogen-bond acceptors (Lipinski definition) is 4. The summed E-state index contributed by atoms with van der Waals surface area (Å²) in [5.41, 5.74) is 3.69. The number of benzene rings is 3. The third-order valence-electron chi connectivity index (χ3n) is 6.42. The highest BCUT2D eigenvalue weighted by atomic mass is 35.5. The van der Waals surface area contributed by atoms with Gasteiger partial charge in [-0.05, 0) is 62.1 Å². The Morgan fingerprint density at radius 2 is 1.56 bits per heavy atom. The molecule has 0 aliphatic heterocycles. The van der Waals surface area contributed by atoms with E-state index in [1.165, 1.54) is 11.0 Å². The molecule has 208 valence electrons. The topological polar surface area (TPSA) is 86.8 Å². The van der Waals surface area contributed by atoms with Crippen molar-refractivity contribution in [1.29, 1.82) is 0 Å². The minimum absolute atomic E-state index is 0.140. The first kappa shape index (κ1) is 30.2. The number of sulfonamides is 1. The fourth-order valence-electron chi connectivity index (χ4n) is 4.35. The van der Waals surface area contributed by atoms with Gasteiger partial charge in [0.05, 0.1) is 11.9 Å². The fraction of sp³-hybridized carbons (Fsp3) is 0.333. The molecule has 0 saturated carbocycles. The molecule has 0 saturated heterocycles. The van der Waals surface area contributed by atoms with E-state index in [0.29, 0.717) is 16.3 Å². The molecule has 0 aliphatic rings. The highest BCUT2D eigenvalue weighted by Crippen LogP contribution is 2.27. The van der Waals surface area contributed by atoms with Gasteiger partial charge in [-0.1, -0.05) is 72.3 Å². The van der Waals surface area contributed by atoms with Crippen LogP contribution in [0.25, 0.3) is 0 Å². The van der Waals surface area contributed by atoms with Crippen LogP contribution in [0.15, 0.2) is 72.8 Å². The normalized spacial score (nSPS) is 12.2. The van der Waals surface area contributed by atoms with Crippen LogP contribution in [0.1, 0.15) is 36.1 Å². The van der Waals surface area contributed by atoms with E-state index in [1.807, 2.05) is 75.4 Å². The number of nitrogens with zero attached hydrogens (tertiary/aromatic N) is 2. The second kappa shape index (κ2) is 13.1. The molecule has 0 unspecified atom stereocenters. The van der Waals surface area contributed by atoms with Crippen LogP contribution >= 0.6 is 11.6 Å². The Labute approximate surface area is 236 Å². The van der Waals surface area contributed by atoms with Crippen molar-refractivity contribution in [3.8, 4) is 0 Å². The molecule has 39 heavy (non-hydrogen) atoms. The Bertz CT molecular complexity index is 1410. The van der Waals surface area contributed by atoms with E-state index >= 15 is 0 Å². The van der Waals surface area contributed by atoms with Gasteiger partial charge in [0, 0.05) is 24.0 Å². The molecule has 0 radical (unpaired) electrons. The van der Waals surface area contributed by atoms with Crippen molar-refractivity contribution >= 4 is 39.1 Å². The molecule has 3 aromatic carbocycles. The van der Waals surface area contributed by atoms with Crippen molar-refractivity contribution in [3.63, 3.8) is 0 Å². The molecule has 3 rings (SSSR count).